The van der Waals surface area contributed by atoms with Gasteiger partial charge in [-0.25, -0.2) is 4.98 Å². The van der Waals surface area contributed by atoms with Crippen molar-refractivity contribution in [3.05, 3.63) is 77.9 Å². The van der Waals surface area contributed by atoms with E-state index in [-0.39, 0.29) is 5.91 Å². The zero-order valence-corrected chi connectivity index (χ0v) is 18.6. The first kappa shape index (κ1) is 22.3. The highest BCUT2D eigenvalue weighted by Gasteiger charge is 2.31. The molecule has 3 aromatic rings. The number of anilines is 2. The van der Waals surface area contributed by atoms with Crippen molar-refractivity contribution in [1.82, 2.24) is 9.88 Å². The number of hydrogen-bond acceptors (Lipinski definition) is 4. The standard InChI is InChI=1S/C26H25F3N4O/c27-26(28,29)19-7-6-8-20(17-19)31-13-15-32(16-14-31)24-18-22(21-9-2-3-10-23(21)30-24)25(34)33-11-4-1-5-12-33/h1-4,6-10,17-18H,5,11-16H2. The molecule has 176 valence electrons. The summed E-state index contributed by atoms with van der Waals surface area (Å²) < 4.78 is 39.3. The van der Waals surface area contributed by atoms with Crippen molar-refractivity contribution in [3.8, 4) is 0 Å². The van der Waals surface area contributed by atoms with Gasteiger partial charge in [0.25, 0.3) is 5.91 Å². The third-order valence-corrected chi connectivity index (χ3v) is 6.42. The Balaban J connectivity index is 1.38. The fraction of sp³-hybridized carbons (Fsp3) is 0.308. The molecule has 1 saturated heterocycles. The number of carbonyl (C=O) groups excluding carboxylic acids is 1. The lowest BCUT2D eigenvalue weighted by atomic mass is 10.1. The number of alkyl halides is 3. The molecule has 1 aromatic heterocycles. The summed E-state index contributed by atoms with van der Waals surface area (Å²) in [5.41, 5.74) is 1.32. The monoisotopic (exact) mass is 466 g/mol. The number of rotatable bonds is 3. The second kappa shape index (κ2) is 9.00. The molecule has 2 aliphatic heterocycles. The Morgan fingerprint density at radius 3 is 2.35 bits per heavy atom. The van der Waals surface area contributed by atoms with Gasteiger partial charge in [0.05, 0.1) is 16.6 Å². The first-order chi connectivity index (χ1) is 16.4. The van der Waals surface area contributed by atoms with E-state index in [2.05, 4.69) is 11.0 Å². The molecule has 0 bridgehead atoms. The summed E-state index contributed by atoms with van der Waals surface area (Å²) in [7, 11) is 0. The molecule has 2 aliphatic rings. The van der Waals surface area contributed by atoms with Crippen LogP contribution in [0.5, 0.6) is 0 Å². The second-order valence-electron chi connectivity index (χ2n) is 8.58. The SMILES string of the molecule is O=C(c1cc(N2CCN(c3cccc(C(F)(F)F)c3)CC2)nc2ccccc12)N1CC=CCC1. The van der Waals surface area contributed by atoms with Crippen LogP contribution in [0.15, 0.2) is 66.7 Å². The predicted molar refractivity (Wildman–Crippen MR) is 127 cm³/mol. The average Bonchev–Trinajstić information content (AvgIpc) is 2.88. The largest absolute Gasteiger partial charge is 0.416 e. The number of amides is 1. The molecule has 8 heteroatoms. The van der Waals surface area contributed by atoms with Crippen LogP contribution in [0.1, 0.15) is 22.3 Å². The Morgan fingerprint density at radius 2 is 1.62 bits per heavy atom. The molecule has 0 atom stereocenters. The summed E-state index contributed by atoms with van der Waals surface area (Å²) in [5, 5.41) is 0.827. The maximum Gasteiger partial charge on any atom is 0.416 e. The number of halogens is 3. The lowest BCUT2D eigenvalue weighted by Gasteiger charge is -2.37. The van der Waals surface area contributed by atoms with Crippen LogP contribution < -0.4 is 9.80 Å². The molecular formula is C26H25F3N4O. The summed E-state index contributed by atoms with van der Waals surface area (Å²) >= 11 is 0. The van der Waals surface area contributed by atoms with Gasteiger partial charge in [0.15, 0.2) is 0 Å². The molecule has 0 N–H and O–H groups in total. The minimum Gasteiger partial charge on any atom is -0.368 e. The van der Waals surface area contributed by atoms with Crippen LogP contribution in [0.4, 0.5) is 24.7 Å². The highest BCUT2D eigenvalue weighted by atomic mass is 19.4. The van der Waals surface area contributed by atoms with Gasteiger partial charge in [0.1, 0.15) is 5.82 Å². The fourth-order valence-corrected chi connectivity index (χ4v) is 4.57. The number of pyridine rings is 1. The maximum atomic E-state index is 13.3. The molecule has 1 fully saturated rings. The predicted octanol–water partition coefficient (Wildman–Crippen LogP) is 4.98. The van der Waals surface area contributed by atoms with E-state index in [9.17, 15) is 18.0 Å². The highest BCUT2D eigenvalue weighted by Crippen LogP contribution is 2.32. The lowest BCUT2D eigenvalue weighted by Crippen LogP contribution is -2.47. The van der Waals surface area contributed by atoms with Crippen molar-refractivity contribution in [2.75, 3.05) is 49.1 Å². The van der Waals surface area contributed by atoms with E-state index in [1.54, 1.807) is 6.07 Å². The van der Waals surface area contributed by atoms with E-state index in [0.717, 1.165) is 29.2 Å². The number of nitrogens with zero attached hydrogens (tertiary/aromatic N) is 4. The maximum absolute atomic E-state index is 13.3. The Kier molecular flexibility index (Phi) is 5.89. The summed E-state index contributed by atoms with van der Waals surface area (Å²) in [5.74, 6) is 0.713. The Morgan fingerprint density at radius 1 is 0.853 bits per heavy atom. The van der Waals surface area contributed by atoms with Crippen LogP contribution in [0, 0.1) is 0 Å². The van der Waals surface area contributed by atoms with Gasteiger partial charge in [-0.05, 0) is 36.8 Å². The van der Waals surface area contributed by atoms with E-state index in [0.29, 0.717) is 50.5 Å². The molecule has 0 spiro atoms. The zero-order valence-electron chi connectivity index (χ0n) is 18.6. The van der Waals surface area contributed by atoms with E-state index in [4.69, 9.17) is 4.98 Å². The van der Waals surface area contributed by atoms with Crippen molar-refractivity contribution in [1.29, 1.82) is 0 Å². The van der Waals surface area contributed by atoms with Crippen LogP contribution >= 0.6 is 0 Å². The van der Waals surface area contributed by atoms with Gasteiger partial charge in [-0.15, -0.1) is 0 Å². The van der Waals surface area contributed by atoms with Crippen molar-refractivity contribution >= 4 is 28.3 Å². The summed E-state index contributed by atoms with van der Waals surface area (Å²) in [6.45, 7) is 3.62. The second-order valence-corrected chi connectivity index (χ2v) is 8.58. The van der Waals surface area contributed by atoms with Crippen molar-refractivity contribution in [2.24, 2.45) is 0 Å². The first-order valence-electron chi connectivity index (χ1n) is 11.4. The van der Waals surface area contributed by atoms with E-state index >= 15 is 0 Å². The fourth-order valence-electron chi connectivity index (χ4n) is 4.57. The number of aromatic nitrogens is 1. The average molecular weight is 467 g/mol. The van der Waals surface area contributed by atoms with E-state index in [1.165, 1.54) is 12.1 Å². The molecule has 0 radical (unpaired) electrons. The number of fused-ring (bicyclic) bond motifs is 1. The Bertz CT molecular complexity index is 1230. The normalized spacial score (nSPS) is 16.9. The van der Waals surface area contributed by atoms with Crippen LogP contribution in [-0.2, 0) is 6.18 Å². The Hall–Kier alpha value is -3.55. The van der Waals surface area contributed by atoms with Gasteiger partial charge in [0.2, 0.25) is 0 Å². The van der Waals surface area contributed by atoms with Gasteiger partial charge < -0.3 is 14.7 Å². The highest BCUT2D eigenvalue weighted by molar-refractivity contribution is 6.07. The molecule has 5 rings (SSSR count). The zero-order chi connectivity index (χ0) is 23.7. The molecule has 3 heterocycles. The van der Waals surface area contributed by atoms with Crippen LogP contribution in [-0.4, -0.2) is 55.1 Å². The van der Waals surface area contributed by atoms with E-state index in [1.807, 2.05) is 46.2 Å². The molecule has 0 saturated carbocycles. The number of piperazine rings is 1. The molecular weight excluding hydrogens is 441 g/mol. The van der Waals surface area contributed by atoms with Crippen LogP contribution in [0.2, 0.25) is 0 Å². The first-order valence-corrected chi connectivity index (χ1v) is 11.4. The Labute approximate surface area is 196 Å². The topological polar surface area (TPSA) is 39.7 Å². The third kappa shape index (κ3) is 4.44. The number of benzene rings is 2. The van der Waals surface area contributed by atoms with Gasteiger partial charge in [-0.1, -0.05) is 36.4 Å². The van der Waals surface area contributed by atoms with E-state index < -0.39 is 11.7 Å². The molecule has 5 nitrogen and oxygen atoms in total. The minimum atomic E-state index is -4.36. The van der Waals surface area contributed by atoms with Crippen LogP contribution in [0.25, 0.3) is 10.9 Å². The van der Waals surface area contributed by atoms with Gasteiger partial charge in [-0.2, -0.15) is 13.2 Å². The molecule has 0 unspecified atom stereocenters. The molecule has 34 heavy (non-hydrogen) atoms. The van der Waals surface area contributed by atoms with Crippen molar-refractivity contribution in [3.63, 3.8) is 0 Å². The van der Waals surface area contributed by atoms with Crippen molar-refractivity contribution in [2.45, 2.75) is 12.6 Å². The summed E-state index contributed by atoms with van der Waals surface area (Å²) in [4.78, 5) is 24.1. The molecule has 0 aliphatic carbocycles. The third-order valence-electron chi connectivity index (χ3n) is 6.42. The van der Waals surface area contributed by atoms with Gasteiger partial charge >= 0.3 is 6.18 Å². The van der Waals surface area contributed by atoms with Crippen LogP contribution in [0.3, 0.4) is 0 Å². The molecule has 2 aromatic carbocycles. The number of hydrogen-bond donors (Lipinski definition) is 0. The van der Waals surface area contributed by atoms with Gasteiger partial charge in [0, 0.05) is 50.3 Å². The molecule has 1 amide bonds. The minimum absolute atomic E-state index is 0.00759. The quantitative estimate of drug-likeness (QED) is 0.511. The van der Waals surface area contributed by atoms with Gasteiger partial charge in [-0.3, -0.25) is 4.79 Å². The number of para-hydroxylation sites is 1. The summed E-state index contributed by atoms with van der Waals surface area (Å²) in [6, 6.07) is 15.0. The van der Waals surface area contributed by atoms with Crippen molar-refractivity contribution < 1.29 is 18.0 Å². The summed E-state index contributed by atoms with van der Waals surface area (Å²) in [6.07, 6.45) is 0.585. The smallest absolute Gasteiger partial charge is 0.368 e. The number of carbonyl (C=O) groups is 1. The lowest BCUT2D eigenvalue weighted by molar-refractivity contribution is -0.137.